The van der Waals surface area contributed by atoms with E-state index in [1.54, 1.807) is 6.20 Å². The smallest absolute Gasteiger partial charge is 0.170 e. The zero-order valence-corrected chi connectivity index (χ0v) is 15.2. The van der Waals surface area contributed by atoms with E-state index in [2.05, 4.69) is 69.8 Å². The molecule has 1 aromatic heterocycles. The number of thiocarbonyl (C=S) groups is 1. The van der Waals surface area contributed by atoms with Crippen molar-refractivity contribution in [2.45, 2.75) is 32.7 Å². The summed E-state index contributed by atoms with van der Waals surface area (Å²) < 4.78 is 2.84. The van der Waals surface area contributed by atoms with E-state index in [9.17, 15) is 0 Å². The molecule has 0 aliphatic carbocycles. The van der Waals surface area contributed by atoms with Gasteiger partial charge >= 0.3 is 0 Å². The molecular weight excluding hydrogens is 360 g/mol. The third-order valence-electron chi connectivity index (χ3n) is 3.58. The van der Waals surface area contributed by atoms with Crippen LogP contribution in [0.4, 0.5) is 5.69 Å². The lowest BCUT2D eigenvalue weighted by atomic mass is 9.99. The molecule has 0 bridgehead atoms. The van der Waals surface area contributed by atoms with Crippen LogP contribution >= 0.6 is 28.1 Å². The summed E-state index contributed by atoms with van der Waals surface area (Å²) in [6.07, 6.45) is 4.86. The monoisotopic (exact) mass is 380 g/mol. The van der Waals surface area contributed by atoms with Gasteiger partial charge in [-0.3, -0.25) is 4.68 Å². The van der Waals surface area contributed by atoms with Gasteiger partial charge in [0.2, 0.25) is 0 Å². The van der Waals surface area contributed by atoms with E-state index in [0.29, 0.717) is 11.0 Å². The van der Waals surface area contributed by atoms with Gasteiger partial charge in [-0.15, -0.1) is 0 Å². The van der Waals surface area contributed by atoms with Crippen molar-refractivity contribution in [2.24, 2.45) is 0 Å². The Hall–Kier alpha value is -1.40. The van der Waals surface area contributed by atoms with Gasteiger partial charge in [0.25, 0.3) is 0 Å². The van der Waals surface area contributed by atoms with Gasteiger partial charge in [-0.05, 0) is 58.2 Å². The van der Waals surface area contributed by atoms with Crippen molar-refractivity contribution in [1.82, 2.24) is 15.1 Å². The van der Waals surface area contributed by atoms with Gasteiger partial charge < -0.3 is 10.6 Å². The molecule has 118 valence electrons. The molecule has 0 aliphatic rings. The highest BCUT2D eigenvalue weighted by atomic mass is 79.9. The quantitative estimate of drug-likeness (QED) is 0.738. The zero-order valence-electron chi connectivity index (χ0n) is 12.8. The molecule has 0 amide bonds. The number of anilines is 1. The average Bonchev–Trinajstić information content (AvgIpc) is 2.92. The van der Waals surface area contributed by atoms with Crippen LogP contribution in [-0.4, -0.2) is 21.4 Å². The molecule has 1 unspecified atom stereocenters. The van der Waals surface area contributed by atoms with Crippen molar-refractivity contribution >= 4 is 38.9 Å². The van der Waals surface area contributed by atoms with Crippen LogP contribution in [0.2, 0.25) is 0 Å². The second-order valence-corrected chi connectivity index (χ2v) is 6.56. The van der Waals surface area contributed by atoms with Crippen molar-refractivity contribution < 1.29 is 0 Å². The average molecular weight is 381 g/mol. The molecule has 2 N–H and O–H groups in total. The van der Waals surface area contributed by atoms with Crippen LogP contribution in [0.3, 0.4) is 0 Å². The fourth-order valence-electron chi connectivity index (χ4n) is 2.05. The van der Waals surface area contributed by atoms with E-state index < -0.39 is 0 Å². The number of halogens is 1. The molecule has 0 spiro atoms. The van der Waals surface area contributed by atoms with Gasteiger partial charge in [-0.25, -0.2) is 0 Å². The van der Waals surface area contributed by atoms with Crippen LogP contribution < -0.4 is 10.6 Å². The molecule has 0 fully saturated rings. The van der Waals surface area contributed by atoms with Crippen LogP contribution in [0.25, 0.3) is 0 Å². The maximum absolute atomic E-state index is 5.30. The SMILES string of the molecule is CCC(C)c1ccc(NC(=S)NCCn2cc(Br)cn2)cc1. The molecule has 2 rings (SSSR count). The fraction of sp³-hybridized carbons (Fsp3) is 0.375. The number of hydrogen-bond acceptors (Lipinski definition) is 2. The first-order valence-corrected chi connectivity index (χ1v) is 8.61. The number of benzene rings is 1. The molecule has 1 heterocycles. The molecule has 0 radical (unpaired) electrons. The number of hydrogen-bond donors (Lipinski definition) is 2. The van der Waals surface area contributed by atoms with E-state index >= 15 is 0 Å². The molecule has 4 nitrogen and oxygen atoms in total. The van der Waals surface area contributed by atoms with Gasteiger partial charge in [0, 0.05) is 18.4 Å². The minimum Gasteiger partial charge on any atom is -0.361 e. The molecule has 1 atom stereocenters. The zero-order chi connectivity index (χ0) is 15.9. The van der Waals surface area contributed by atoms with Crippen molar-refractivity contribution in [3.63, 3.8) is 0 Å². The highest BCUT2D eigenvalue weighted by molar-refractivity contribution is 9.10. The molecule has 0 saturated carbocycles. The summed E-state index contributed by atoms with van der Waals surface area (Å²) in [5, 5.41) is 11.2. The summed E-state index contributed by atoms with van der Waals surface area (Å²) in [5.41, 5.74) is 2.36. The first-order valence-electron chi connectivity index (χ1n) is 7.41. The van der Waals surface area contributed by atoms with Crippen LogP contribution in [0.15, 0.2) is 41.1 Å². The molecule has 0 saturated heterocycles. The Kier molecular flexibility index (Phi) is 6.39. The highest BCUT2D eigenvalue weighted by Crippen LogP contribution is 2.20. The maximum atomic E-state index is 5.30. The van der Waals surface area contributed by atoms with Crippen LogP contribution in [0, 0.1) is 0 Å². The molecular formula is C16H21BrN4S. The van der Waals surface area contributed by atoms with Gasteiger partial charge in [0.1, 0.15) is 0 Å². The van der Waals surface area contributed by atoms with E-state index in [1.807, 2.05) is 10.9 Å². The highest BCUT2D eigenvalue weighted by Gasteiger charge is 2.03. The number of rotatable bonds is 6. The van der Waals surface area contributed by atoms with Crippen molar-refractivity contribution in [2.75, 3.05) is 11.9 Å². The lowest BCUT2D eigenvalue weighted by Gasteiger charge is -2.13. The summed E-state index contributed by atoms with van der Waals surface area (Å²) >= 11 is 8.68. The standard InChI is InChI=1S/C16H21BrN4S/c1-3-12(2)13-4-6-15(7-5-13)20-16(22)18-8-9-21-11-14(17)10-19-21/h4-7,10-12H,3,8-9H2,1-2H3,(H2,18,20,22). The number of nitrogens with zero attached hydrogens (tertiary/aromatic N) is 2. The van der Waals surface area contributed by atoms with Crippen LogP contribution in [0.1, 0.15) is 31.7 Å². The molecule has 2 aromatic rings. The topological polar surface area (TPSA) is 41.9 Å². The minimum absolute atomic E-state index is 0.590. The lowest BCUT2D eigenvalue weighted by Crippen LogP contribution is -2.31. The number of nitrogens with one attached hydrogen (secondary N) is 2. The van der Waals surface area contributed by atoms with Crippen molar-refractivity contribution in [1.29, 1.82) is 0 Å². The summed E-state index contributed by atoms with van der Waals surface area (Å²) in [5.74, 6) is 0.590. The molecule has 0 aliphatic heterocycles. The fourth-order valence-corrected chi connectivity index (χ4v) is 2.60. The predicted molar refractivity (Wildman–Crippen MR) is 99.3 cm³/mol. The second kappa shape index (κ2) is 8.29. The Morgan fingerprint density at radius 1 is 1.36 bits per heavy atom. The third-order valence-corrected chi connectivity index (χ3v) is 4.23. The Morgan fingerprint density at radius 3 is 2.68 bits per heavy atom. The van der Waals surface area contributed by atoms with E-state index in [1.165, 1.54) is 5.56 Å². The number of aromatic nitrogens is 2. The van der Waals surface area contributed by atoms with Gasteiger partial charge in [-0.2, -0.15) is 5.10 Å². The summed E-state index contributed by atoms with van der Waals surface area (Å²) in [4.78, 5) is 0. The van der Waals surface area contributed by atoms with Crippen molar-refractivity contribution in [3.8, 4) is 0 Å². The minimum atomic E-state index is 0.590. The normalized spacial score (nSPS) is 12.0. The van der Waals surface area contributed by atoms with Crippen LogP contribution in [-0.2, 0) is 6.54 Å². The van der Waals surface area contributed by atoms with Gasteiger partial charge in [0.05, 0.1) is 17.2 Å². The van der Waals surface area contributed by atoms with E-state index in [0.717, 1.165) is 29.7 Å². The van der Waals surface area contributed by atoms with Crippen molar-refractivity contribution in [3.05, 3.63) is 46.7 Å². The predicted octanol–water partition coefficient (Wildman–Crippen LogP) is 4.15. The summed E-state index contributed by atoms with van der Waals surface area (Å²) in [7, 11) is 0. The van der Waals surface area contributed by atoms with Gasteiger partial charge in [-0.1, -0.05) is 26.0 Å². The molecule has 6 heteroatoms. The van der Waals surface area contributed by atoms with E-state index in [-0.39, 0.29) is 0 Å². The molecule has 1 aromatic carbocycles. The van der Waals surface area contributed by atoms with Crippen LogP contribution in [0.5, 0.6) is 0 Å². The Bertz CT molecular complexity index is 609. The third kappa shape index (κ3) is 5.10. The van der Waals surface area contributed by atoms with E-state index in [4.69, 9.17) is 12.2 Å². The Balaban J connectivity index is 1.76. The first-order chi connectivity index (χ1) is 10.6. The summed E-state index contributed by atoms with van der Waals surface area (Å²) in [6, 6.07) is 8.45. The first kappa shape index (κ1) is 17.0. The van der Waals surface area contributed by atoms with Gasteiger partial charge in [0.15, 0.2) is 5.11 Å². The Morgan fingerprint density at radius 2 is 2.09 bits per heavy atom. The Labute approximate surface area is 145 Å². The lowest BCUT2D eigenvalue weighted by molar-refractivity contribution is 0.604. The maximum Gasteiger partial charge on any atom is 0.170 e. The second-order valence-electron chi connectivity index (χ2n) is 5.23. The molecule has 22 heavy (non-hydrogen) atoms. The summed E-state index contributed by atoms with van der Waals surface area (Å²) in [6.45, 7) is 5.93. The largest absolute Gasteiger partial charge is 0.361 e.